The van der Waals surface area contributed by atoms with E-state index < -0.39 is 0 Å². The van der Waals surface area contributed by atoms with Gasteiger partial charge in [0.05, 0.1) is 33.1 Å². The zero-order valence-electron chi connectivity index (χ0n) is 50.7. The molecule has 0 bridgehead atoms. The van der Waals surface area contributed by atoms with Crippen LogP contribution >= 0.6 is 0 Å². The van der Waals surface area contributed by atoms with Crippen molar-refractivity contribution >= 4 is 41.5 Å². The average molecular weight is 1160 g/mol. The molecule has 91 heavy (non-hydrogen) atoms. The molecule has 0 spiro atoms. The van der Waals surface area contributed by atoms with Crippen LogP contribution in [0.2, 0.25) is 0 Å². The van der Waals surface area contributed by atoms with Crippen LogP contribution < -0.4 is 0 Å². The molecule has 3 radical (unpaired) electrons. The molecule has 0 atom stereocenters. The molecular weight excluding hydrogens is 1100 g/mol. The van der Waals surface area contributed by atoms with Crippen molar-refractivity contribution in [1.82, 2.24) is 28.7 Å². The Morgan fingerprint density at radius 2 is 0.418 bits per heavy atom. The van der Waals surface area contributed by atoms with Crippen LogP contribution in [0.4, 0.5) is 0 Å². The maximum Gasteiger partial charge on any atom is 0.145 e. The molecule has 429 valence electrons. The van der Waals surface area contributed by atoms with E-state index in [1.807, 2.05) is 0 Å². The number of rotatable bonds is 12. The van der Waals surface area contributed by atoms with Gasteiger partial charge in [0.1, 0.15) is 17.5 Å². The summed E-state index contributed by atoms with van der Waals surface area (Å²) < 4.78 is 6.82. The van der Waals surface area contributed by atoms with Gasteiger partial charge in [0.25, 0.3) is 0 Å². The van der Waals surface area contributed by atoms with Gasteiger partial charge in [0, 0.05) is 42.2 Å². The zero-order chi connectivity index (χ0) is 60.2. The summed E-state index contributed by atoms with van der Waals surface area (Å²) in [5, 5.41) is 0. The Morgan fingerprint density at radius 1 is 0.209 bits per heavy atom. The third-order valence-electron chi connectivity index (χ3n) is 17.6. The second kappa shape index (κ2) is 23.5. The van der Waals surface area contributed by atoms with Gasteiger partial charge in [-0.15, -0.1) is 0 Å². The second-order valence-electron chi connectivity index (χ2n) is 23.5. The van der Waals surface area contributed by atoms with Crippen molar-refractivity contribution in [2.75, 3.05) is 0 Å². The molecular formula is C84H60BN6. The molecule has 0 amide bonds. The summed E-state index contributed by atoms with van der Waals surface area (Å²) in [5.41, 5.74) is 29.7. The lowest BCUT2D eigenvalue weighted by Crippen LogP contribution is -1.98. The predicted molar refractivity (Wildman–Crippen MR) is 379 cm³/mol. The zero-order valence-corrected chi connectivity index (χ0v) is 50.7. The lowest BCUT2D eigenvalue weighted by molar-refractivity contribution is 1.10. The molecule has 0 aliphatic carbocycles. The summed E-state index contributed by atoms with van der Waals surface area (Å²) in [6.45, 7) is 6.38. The van der Waals surface area contributed by atoms with E-state index >= 15 is 0 Å². The fraction of sp³-hybridized carbons (Fsp3) is 0.0357. The third-order valence-corrected chi connectivity index (χ3v) is 17.6. The molecule has 0 saturated heterocycles. The fourth-order valence-corrected chi connectivity index (χ4v) is 13.0. The molecule has 7 heteroatoms. The van der Waals surface area contributed by atoms with Crippen molar-refractivity contribution in [3.8, 4) is 118 Å². The van der Waals surface area contributed by atoms with Crippen molar-refractivity contribution in [3.05, 3.63) is 326 Å². The van der Waals surface area contributed by atoms with E-state index in [1.54, 1.807) is 0 Å². The molecule has 0 saturated carbocycles. The Kier molecular flexibility index (Phi) is 14.4. The summed E-state index contributed by atoms with van der Waals surface area (Å²) in [5.74, 6) is 2.72. The topological polar surface area (TPSA) is 53.5 Å². The van der Waals surface area contributed by atoms with Gasteiger partial charge in [-0.25, -0.2) is 15.0 Å². The molecule has 16 rings (SSSR count). The van der Waals surface area contributed by atoms with Crippen molar-refractivity contribution in [2.24, 2.45) is 0 Å². The molecule has 3 aromatic heterocycles. The maximum atomic E-state index is 5.23. The first kappa shape index (κ1) is 55.9. The number of imidazole rings is 3. The van der Waals surface area contributed by atoms with E-state index in [-0.39, 0.29) is 8.41 Å². The van der Waals surface area contributed by atoms with Gasteiger partial charge >= 0.3 is 0 Å². The Bertz CT molecular complexity index is 4800. The number of para-hydroxylation sites is 6. The largest absolute Gasteiger partial charge is 0.292 e. The maximum absolute atomic E-state index is 5.23. The standard InChI is InChI=1S/C84H60N6.B/c1-55-28-46-67(47-29-55)88-79-25-13-10-22-76(79)85-82(88)61-40-34-58(35-41-61)70-16-4-7-19-73(70)64-52-65(74-20-8-5-17-71(74)59-36-42-62(43-37-59)83-86-77-23-11-14-26-80(77)89(83)68-48-30-56(2)31-49-68)54-66(53-64)75-21-9-6-18-72(75)60-38-44-63(45-39-60)84-87-78-24-12-15-27-81(78)90(84)69-50-32-57(3)33-51-69;/h4-54H,1-3H3;. The number of aryl methyl sites for hydroxylation is 3. The number of aromatic nitrogens is 6. The van der Waals surface area contributed by atoms with Crippen LogP contribution in [0, 0.1) is 20.8 Å². The minimum Gasteiger partial charge on any atom is -0.292 e. The minimum absolute atomic E-state index is 0. The van der Waals surface area contributed by atoms with Gasteiger partial charge in [-0.2, -0.15) is 0 Å². The minimum atomic E-state index is 0. The SMILES string of the molecule is Cc1ccc(-n2c(-c3ccc(-c4ccccc4-c4cc(-c5ccccc5-c5ccc(-c6nc7ccccc7n6-c6ccc(C)cc6)cc5)cc(-c5ccccc5-c5ccc(-c6nc7ccccc7n6-c6ccc(C)cc6)cc5)c4)cc3)nc3ccccc32)cc1.[B]. The quantitative estimate of drug-likeness (QED) is 0.115. The van der Waals surface area contributed by atoms with Crippen LogP contribution in [0.25, 0.3) is 151 Å². The summed E-state index contributed by atoms with van der Waals surface area (Å²) in [4.78, 5) is 15.7. The molecule has 0 aliphatic rings. The first-order chi connectivity index (χ1) is 44.3. The first-order valence-electron chi connectivity index (χ1n) is 30.7. The van der Waals surface area contributed by atoms with Crippen molar-refractivity contribution in [2.45, 2.75) is 20.8 Å². The lowest BCUT2D eigenvalue weighted by Gasteiger charge is -2.18. The highest BCUT2D eigenvalue weighted by atomic mass is 15.1. The number of hydrogen-bond donors (Lipinski definition) is 0. The summed E-state index contributed by atoms with van der Waals surface area (Å²) in [6, 6.07) is 112. The first-order valence-corrected chi connectivity index (χ1v) is 30.7. The van der Waals surface area contributed by atoms with Gasteiger partial charge in [-0.3, -0.25) is 13.7 Å². The highest BCUT2D eigenvalue weighted by Gasteiger charge is 2.21. The highest BCUT2D eigenvalue weighted by Crippen LogP contribution is 2.44. The molecule has 3 heterocycles. The van der Waals surface area contributed by atoms with Crippen LogP contribution in [-0.2, 0) is 0 Å². The van der Waals surface area contributed by atoms with E-state index in [1.165, 1.54) is 16.7 Å². The molecule has 0 unspecified atom stereocenters. The molecule has 0 fully saturated rings. The van der Waals surface area contributed by atoms with Crippen molar-refractivity contribution < 1.29 is 0 Å². The molecule has 13 aromatic carbocycles. The lowest BCUT2D eigenvalue weighted by atomic mass is 9.86. The summed E-state index contributed by atoms with van der Waals surface area (Å²) in [7, 11) is 0. The fourth-order valence-electron chi connectivity index (χ4n) is 13.0. The van der Waals surface area contributed by atoms with Gasteiger partial charge in [0.2, 0.25) is 0 Å². The summed E-state index contributed by atoms with van der Waals surface area (Å²) >= 11 is 0. The van der Waals surface area contributed by atoms with Crippen LogP contribution in [0.1, 0.15) is 16.7 Å². The third kappa shape index (κ3) is 10.3. The van der Waals surface area contributed by atoms with E-state index in [9.17, 15) is 0 Å². The number of fused-ring (bicyclic) bond motifs is 3. The predicted octanol–water partition coefficient (Wildman–Crippen LogP) is 21.3. The van der Waals surface area contributed by atoms with Crippen LogP contribution in [0.5, 0.6) is 0 Å². The summed E-state index contributed by atoms with van der Waals surface area (Å²) in [6.07, 6.45) is 0. The second-order valence-corrected chi connectivity index (χ2v) is 23.5. The van der Waals surface area contributed by atoms with Crippen LogP contribution in [0.3, 0.4) is 0 Å². The molecule has 0 aliphatic heterocycles. The number of benzene rings is 13. The Morgan fingerprint density at radius 3 is 0.670 bits per heavy atom. The van der Waals surface area contributed by atoms with E-state index in [0.29, 0.717) is 0 Å². The number of hydrogen-bond acceptors (Lipinski definition) is 3. The van der Waals surface area contributed by atoms with Crippen LogP contribution in [0.15, 0.2) is 309 Å². The van der Waals surface area contributed by atoms with E-state index in [2.05, 4.69) is 344 Å². The monoisotopic (exact) mass is 1160 g/mol. The van der Waals surface area contributed by atoms with Gasteiger partial charge < -0.3 is 0 Å². The number of nitrogens with zero attached hydrogens (tertiary/aromatic N) is 6. The van der Waals surface area contributed by atoms with E-state index in [4.69, 9.17) is 15.0 Å². The van der Waals surface area contributed by atoms with Gasteiger partial charge in [-0.05, 0) is 179 Å². The normalized spacial score (nSPS) is 11.4. The Hall–Kier alpha value is -11.7. The van der Waals surface area contributed by atoms with Crippen molar-refractivity contribution in [1.29, 1.82) is 0 Å². The highest BCUT2D eigenvalue weighted by molar-refractivity contribution is 5.95. The van der Waals surface area contributed by atoms with Crippen LogP contribution in [-0.4, -0.2) is 37.1 Å². The average Bonchev–Trinajstić information content (AvgIpc) is 1.94. The van der Waals surface area contributed by atoms with Gasteiger partial charge in [-0.1, -0.05) is 235 Å². The van der Waals surface area contributed by atoms with Crippen molar-refractivity contribution in [3.63, 3.8) is 0 Å². The Balaban J connectivity index is 0.00000689. The molecule has 0 N–H and O–H groups in total. The molecule has 16 aromatic rings. The van der Waals surface area contributed by atoms with Gasteiger partial charge in [0.15, 0.2) is 0 Å². The smallest absolute Gasteiger partial charge is 0.145 e. The molecule has 6 nitrogen and oxygen atoms in total. The van der Waals surface area contributed by atoms with E-state index in [0.717, 1.165) is 151 Å². The Labute approximate surface area is 531 Å².